The maximum atomic E-state index is 5.52. The van der Waals surface area contributed by atoms with Crippen molar-refractivity contribution in [1.82, 2.24) is 15.4 Å². The van der Waals surface area contributed by atoms with E-state index in [4.69, 9.17) is 5.84 Å². The molecule has 0 aromatic carbocycles. The van der Waals surface area contributed by atoms with Crippen LogP contribution in [0, 0.1) is 0 Å². The lowest BCUT2D eigenvalue weighted by molar-refractivity contribution is 0.481. The number of hydrazine groups is 1. The van der Waals surface area contributed by atoms with E-state index in [0.29, 0.717) is 0 Å². The molecule has 0 aliphatic rings. The lowest BCUT2D eigenvalue weighted by Gasteiger charge is -2.14. The zero-order valence-electron chi connectivity index (χ0n) is 9.60. The molecule has 3 N–H and O–H groups in total. The maximum absolute atomic E-state index is 5.52. The van der Waals surface area contributed by atoms with Gasteiger partial charge in [-0.15, -0.1) is 6.58 Å². The van der Waals surface area contributed by atoms with Crippen LogP contribution < -0.4 is 11.3 Å². The first-order valence-corrected chi connectivity index (χ1v) is 5.70. The van der Waals surface area contributed by atoms with Gasteiger partial charge in [0, 0.05) is 24.0 Å². The molecule has 0 amide bonds. The molecule has 1 aromatic rings. The summed E-state index contributed by atoms with van der Waals surface area (Å²) in [7, 11) is 0. The molecule has 1 aromatic heterocycles. The molecular formula is C12H20N4. The smallest absolute Gasteiger partial charge is 0.115 e. The van der Waals surface area contributed by atoms with Crippen LogP contribution in [0.25, 0.3) is 0 Å². The molecule has 0 saturated heterocycles. The van der Waals surface area contributed by atoms with E-state index >= 15 is 0 Å². The van der Waals surface area contributed by atoms with Crippen LogP contribution in [0.3, 0.4) is 0 Å². The molecule has 0 bridgehead atoms. The van der Waals surface area contributed by atoms with Crippen LogP contribution in [-0.2, 0) is 0 Å². The van der Waals surface area contributed by atoms with Crippen molar-refractivity contribution in [1.29, 1.82) is 0 Å². The van der Waals surface area contributed by atoms with Gasteiger partial charge in [0.15, 0.2) is 0 Å². The molecule has 88 valence electrons. The van der Waals surface area contributed by atoms with Gasteiger partial charge in [-0.3, -0.25) is 11.3 Å². The molecule has 4 nitrogen and oxygen atoms in total. The summed E-state index contributed by atoms with van der Waals surface area (Å²) in [6.45, 7) is 3.71. The minimum absolute atomic E-state index is 0.157. The third-order valence-electron chi connectivity index (χ3n) is 2.59. The van der Waals surface area contributed by atoms with E-state index < -0.39 is 0 Å². The van der Waals surface area contributed by atoms with Crippen molar-refractivity contribution in [2.45, 2.75) is 38.1 Å². The van der Waals surface area contributed by atoms with Crippen molar-refractivity contribution in [2.75, 3.05) is 0 Å². The van der Waals surface area contributed by atoms with Gasteiger partial charge in [-0.25, -0.2) is 9.97 Å². The molecule has 0 spiro atoms. The fourth-order valence-corrected chi connectivity index (χ4v) is 1.65. The van der Waals surface area contributed by atoms with Crippen molar-refractivity contribution < 1.29 is 0 Å². The SMILES string of the molecule is C=CCCCCCC(NN)c1cncnc1. The van der Waals surface area contributed by atoms with Gasteiger partial charge in [0.2, 0.25) is 0 Å². The van der Waals surface area contributed by atoms with Crippen LogP contribution >= 0.6 is 0 Å². The Kier molecular flexibility index (Phi) is 6.37. The van der Waals surface area contributed by atoms with E-state index in [0.717, 1.165) is 24.8 Å². The monoisotopic (exact) mass is 220 g/mol. The second-order valence-electron chi connectivity index (χ2n) is 3.82. The minimum atomic E-state index is 0.157. The molecular weight excluding hydrogens is 200 g/mol. The lowest BCUT2D eigenvalue weighted by atomic mass is 10.0. The Morgan fingerprint density at radius 2 is 2.06 bits per heavy atom. The van der Waals surface area contributed by atoms with Crippen molar-refractivity contribution in [3.05, 3.63) is 36.9 Å². The number of nitrogens with one attached hydrogen (secondary N) is 1. The Morgan fingerprint density at radius 3 is 2.69 bits per heavy atom. The Bertz CT molecular complexity index is 286. The summed E-state index contributed by atoms with van der Waals surface area (Å²) in [5, 5.41) is 0. The number of nitrogens with zero attached hydrogens (tertiary/aromatic N) is 2. The number of hydrogen-bond donors (Lipinski definition) is 2. The van der Waals surface area contributed by atoms with Crippen LogP contribution in [0.5, 0.6) is 0 Å². The average Bonchev–Trinajstić information content (AvgIpc) is 2.35. The fraction of sp³-hybridized carbons (Fsp3) is 0.500. The normalized spacial score (nSPS) is 12.3. The quantitative estimate of drug-likeness (QED) is 0.305. The standard InChI is InChI=1S/C12H20N4/c1-2-3-4-5-6-7-12(16-13)11-8-14-10-15-9-11/h2,8-10,12,16H,1,3-7,13H2. The predicted octanol–water partition coefficient (Wildman–Crippen LogP) is 2.12. The summed E-state index contributed by atoms with van der Waals surface area (Å²) >= 11 is 0. The third-order valence-corrected chi connectivity index (χ3v) is 2.59. The summed E-state index contributed by atoms with van der Waals surface area (Å²) in [6.07, 6.45) is 12.8. The molecule has 16 heavy (non-hydrogen) atoms. The Hall–Kier alpha value is -1.26. The second kappa shape index (κ2) is 7.96. The second-order valence-corrected chi connectivity index (χ2v) is 3.82. The Balaban J connectivity index is 2.30. The number of hydrogen-bond acceptors (Lipinski definition) is 4. The van der Waals surface area contributed by atoms with Crippen LogP contribution in [0.2, 0.25) is 0 Å². The molecule has 0 fully saturated rings. The highest BCUT2D eigenvalue weighted by Crippen LogP contribution is 2.17. The zero-order valence-corrected chi connectivity index (χ0v) is 9.60. The summed E-state index contributed by atoms with van der Waals surface area (Å²) in [5.74, 6) is 5.52. The maximum Gasteiger partial charge on any atom is 0.115 e. The molecule has 0 saturated carbocycles. The molecule has 4 heteroatoms. The molecule has 1 heterocycles. The zero-order chi connectivity index (χ0) is 11.6. The van der Waals surface area contributed by atoms with Crippen molar-refractivity contribution >= 4 is 0 Å². The largest absolute Gasteiger partial charge is 0.271 e. The number of aromatic nitrogens is 2. The van der Waals surface area contributed by atoms with Crippen LogP contribution in [0.15, 0.2) is 31.4 Å². The van der Waals surface area contributed by atoms with Gasteiger partial charge < -0.3 is 0 Å². The number of allylic oxidation sites excluding steroid dienone is 1. The summed E-state index contributed by atoms with van der Waals surface area (Å²) < 4.78 is 0. The van der Waals surface area contributed by atoms with E-state index in [2.05, 4.69) is 22.0 Å². The fourth-order valence-electron chi connectivity index (χ4n) is 1.65. The summed E-state index contributed by atoms with van der Waals surface area (Å²) in [6, 6.07) is 0.157. The first-order valence-electron chi connectivity index (χ1n) is 5.70. The molecule has 0 aliphatic carbocycles. The molecule has 0 radical (unpaired) electrons. The van der Waals surface area contributed by atoms with Crippen molar-refractivity contribution in [3.8, 4) is 0 Å². The van der Waals surface area contributed by atoms with Gasteiger partial charge in [-0.2, -0.15) is 0 Å². The minimum Gasteiger partial charge on any atom is -0.271 e. The Labute approximate surface area is 97.0 Å². The summed E-state index contributed by atoms with van der Waals surface area (Å²) in [4.78, 5) is 7.98. The van der Waals surface area contributed by atoms with Gasteiger partial charge in [-0.05, 0) is 19.3 Å². The van der Waals surface area contributed by atoms with Gasteiger partial charge >= 0.3 is 0 Å². The van der Waals surface area contributed by atoms with Gasteiger partial charge in [0.05, 0.1) is 0 Å². The van der Waals surface area contributed by atoms with Gasteiger partial charge in [0.1, 0.15) is 6.33 Å². The van der Waals surface area contributed by atoms with Crippen LogP contribution in [0.4, 0.5) is 0 Å². The van der Waals surface area contributed by atoms with E-state index in [-0.39, 0.29) is 6.04 Å². The topological polar surface area (TPSA) is 63.8 Å². The highest BCUT2D eigenvalue weighted by atomic mass is 15.2. The van der Waals surface area contributed by atoms with Crippen LogP contribution in [-0.4, -0.2) is 9.97 Å². The van der Waals surface area contributed by atoms with Crippen LogP contribution in [0.1, 0.15) is 43.7 Å². The van der Waals surface area contributed by atoms with Gasteiger partial charge in [0.25, 0.3) is 0 Å². The first kappa shape index (κ1) is 12.8. The number of nitrogens with two attached hydrogens (primary N) is 1. The Morgan fingerprint density at radius 1 is 1.31 bits per heavy atom. The highest BCUT2D eigenvalue weighted by molar-refractivity contribution is 5.08. The van der Waals surface area contributed by atoms with E-state index in [9.17, 15) is 0 Å². The van der Waals surface area contributed by atoms with E-state index in [1.165, 1.54) is 19.2 Å². The van der Waals surface area contributed by atoms with E-state index in [1.807, 2.05) is 6.08 Å². The summed E-state index contributed by atoms with van der Waals surface area (Å²) in [5.41, 5.74) is 3.86. The van der Waals surface area contributed by atoms with Gasteiger partial charge in [-0.1, -0.05) is 18.9 Å². The number of unbranched alkanes of at least 4 members (excludes halogenated alkanes) is 3. The highest BCUT2D eigenvalue weighted by Gasteiger charge is 2.08. The lowest BCUT2D eigenvalue weighted by Crippen LogP contribution is -2.28. The van der Waals surface area contributed by atoms with Crippen molar-refractivity contribution in [2.24, 2.45) is 5.84 Å². The van der Waals surface area contributed by atoms with Crippen molar-refractivity contribution in [3.63, 3.8) is 0 Å². The first-order chi connectivity index (χ1) is 7.88. The average molecular weight is 220 g/mol. The number of rotatable bonds is 8. The third kappa shape index (κ3) is 4.51. The molecule has 1 rings (SSSR count). The molecule has 1 atom stereocenters. The predicted molar refractivity (Wildman–Crippen MR) is 65.4 cm³/mol. The molecule has 0 aliphatic heterocycles. The molecule has 1 unspecified atom stereocenters. The van der Waals surface area contributed by atoms with E-state index in [1.54, 1.807) is 12.4 Å².